The van der Waals surface area contributed by atoms with Gasteiger partial charge in [-0.3, -0.25) is 9.48 Å². The van der Waals surface area contributed by atoms with Crippen LogP contribution >= 0.6 is 0 Å². The Balaban J connectivity index is 1.52. The topological polar surface area (TPSA) is 56.6 Å². The molecule has 0 radical (unpaired) electrons. The van der Waals surface area contributed by atoms with Crippen molar-refractivity contribution >= 4 is 5.91 Å². The molecule has 25 heavy (non-hydrogen) atoms. The van der Waals surface area contributed by atoms with Crippen molar-refractivity contribution in [3.8, 4) is 11.5 Å². The minimum atomic E-state index is 0.171. The molecule has 2 aromatic rings. The predicted octanol–water partition coefficient (Wildman–Crippen LogP) is 2.38. The molecule has 0 aliphatic carbocycles. The molecule has 6 nitrogen and oxygen atoms in total. The van der Waals surface area contributed by atoms with Gasteiger partial charge in [-0.1, -0.05) is 6.07 Å². The maximum absolute atomic E-state index is 12.6. The normalized spacial score (nSPS) is 15.2. The molecule has 0 bridgehead atoms. The van der Waals surface area contributed by atoms with Crippen LogP contribution < -0.4 is 9.47 Å². The third kappa shape index (κ3) is 4.32. The molecule has 6 heteroatoms. The van der Waals surface area contributed by atoms with Gasteiger partial charge in [-0.05, 0) is 42.5 Å². The van der Waals surface area contributed by atoms with Gasteiger partial charge >= 0.3 is 0 Å². The van der Waals surface area contributed by atoms with Gasteiger partial charge in [-0.2, -0.15) is 5.10 Å². The highest BCUT2D eigenvalue weighted by atomic mass is 16.5. The molecule has 1 aliphatic heterocycles. The first-order valence-corrected chi connectivity index (χ1v) is 8.65. The molecule has 3 rings (SSSR count). The van der Waals surface area contributed by atoms with Gasteiger partial charge in [0, 0.05) is 32.0 Å². The van der Waals surface area contributed by atoms with Crippen molar-refractivity contribution in [1.82, 2.24) is 14.7 Å². The number of hydrogen-bond acceptors (Lipinski definition) is 4. The van der Waals surface area contributed by atoms with E-state index in [0.717, 1.165) is 38.0 Å². The van der Waals surface area contributed by atoms with E-state index in [2.05, 4.69) is 5.10 Å². The molecular weight excluding hydrogens is 318 g/mol. The summed E-state index contributed by atoms with van der Waals surface area (Å²) in [5.41, 5.74) is 0.946. The zero-order chi connectivity index (χ0) is 17.6. The van der Waals surface area contributed by atoms with E-state index in [-0.39, 0.29) is 5.91 Å². The molecular formula is C19H25N3O3. The van der Waals surface area contributed by atoms with Crippen molar-refractivity contribution in [3.05, 3.63) is 42.2 Å². The van der Waals surface area contributed by atoms with Crippen LogP contribution in [0.25, 0.3) is 0 Å². The summed E-state index contributed by atoms with van der Waals surface area (Å²) in [7, 11) is 3.21. The molecule has 1 aliphatic rings. The molecule has 1 fully saturated rings. The largest absolute Gasteiger partial charge is 0.493 e. The average molecular weight is 343 g/mol. The second-order valence-electron chi connectivity index (χ2n) is 6.42. The number of ether oxygens (including phenoxy) is 2. The van der Waals surface area contributed by atoms with Crippen molar-refractivity contribution in [2.24, 2.45) is 5.92 Å². The van der Waals surface area contributed by atoms with E-state index in [1.54, 1.807) is 14.2 Å². The molecule has 1 aromatic carbocycles. The Morgan fingerprint density at radius 1 is 1.20 bits per heavy atom. The molecule has 134 valence electrons. The van der Waals surface area contributed by atoms with Gasteiger partial charge in [0.25, 0.3) is 0 Å². The zero-order valence-corrected chi connectivity index (χ0v) is 14.9. The van der Waals surface area contributed by atoms with Gasteiger partial charge < -0.3 is 14.4 Å². The number of hydrogen-bond donors (Lipinski definition) is 0. The lowest BCUT2D eigenvalue weighted by Crippen LogP contribution is -2.40. The van der Waals surface area contributed by atoms with Crippen molar-refractivity contribution in [3.63, 3.8) is 0 Å². The molecule has 0 saturated carbocycles. The zero-order valence-electron chi connectivity index (χ0n) is 14.9. The van der Waals surface area contributed by atoms with Crippen molar-refractivity contribution in [2.75, 3.05) is 27.3 Å². The van der Waals surface area contributed by atoms with Crippen LogP contribution in [-0.4, -0.2) is 47.9 Å². The van der Waals surface area contributed by atoms with Gasteiger partial charge in [0.1, 0.15) is 0 Å². The summed E-state index contributed by atoms with van der Waals surface area (Å²) in [6.45, 7) is 2.57. The molecule has 0 unspecified atom stereocenters. The Hall–Kier alpha value is -2.50. The molecule has 1 aromatic heterocycles. The summed E-state index contributed by atoms with van der Waals surface area (Å²) in [5, 5.41) is 4.26. The number of carbonyl (C=O) groups excluding carboxylic acids is 1. The van der Waals surface area contributed by atoms with E-state index in [0.29, 0.717) is 23.8 Å². The molecule has 1 amide bonds. The second kappa shape index (κ2) is 8.05. The Bertz CT molecular complexity index is 692. The number of aromatic nitrogens is 2. The standard InChI is InChI=1S/C19H25N3O3/c1-24-17-5-4-16(12-18(17)25-2)13-19(23)21-10-6-15(7-11-21)14-22-9-3-8-20-22/h3-5,8-9,12,15H,6-7,10-11,13-14H2,1-2H3. The Kier molecular flexibility index (Phi) is 5.58. The highest BCUT2D eigenvalue weighted by Gasteiger charge is 2.23. The second-order valence-corrected chi connectivity index (χ2v) is 6.42. The summed E-state index contributed by atoms with van der Waals surface area (Å²) < 4.78 is 12.5. The van der Waals surface area contributed by atoms with E-state index < -0.39 is 0 Å². The van der Waals surface area contributed by atoms with Gasteiger partial charge in [0.15, 0.2) is 11.5 Å². The van der Waals surface area contributed by atoms with Crippen LogP contribution in [0.5, 0.6) is 11.5 Å². The van der Waals surface area contributed by atoms with Gasteiger partial charge in [-0.15, -0.1) is 0 Å². The van der Waals surface area contributed by atoms with Crippen molar-refractivity contribution in [2.45, 2.75) is 25.8 Å². The molecule has 1 saturated heterocycles. The van der Waals surface area contributed by atoms with Crippen molar-refractivity contribution < 1.29 is 14.3 Å². The number of likely N-dealkylation sites (tertiary alicyclic amines) is 1. The van der Waals surface area contributed by atoms with Crippen LogP contribution in [0.3, 0.4) is 0 Å². The quantitative estimate of drug-likeness (QED) is 0.808. The number of benzene rings is 1. The minimum Gasteiger partial charge on any atom is -0.493 e. The van der Waals surface area contributed by atoms with E-state index in [1.165, 1.54) is 0 Å². The first-order valence-electron chi connectivity index (χ1n) is 8.65. The summed E-state index contributed by atoms with van der Waals surface area (Å²) >= 11 is 0. The Morgan fingerprint density at radius 3 is 2.60 bits per heavy atom. The number of piperidine rings is 1. The first kappa shape index (κ1) is 17.3. The highest BCUT2D eigenvalue weighted by molar-refractivity contribution is 5.79. The number of nitrogens with zero attached hydrogens (tertiary/aromatic N) is 3. The monoisotopic (exact) mass is 343 g/mol. The Labute approximate surface area is 148 Å². The summed E-state index contributed by atoms with van der Waals surface area (Å²) in [4.78, 5) is 14.6. The lowest BCUT2D eigenvalue weighted by atomic mass is 9.96. The number of amides is 1. The van der Waals surface area contributed by atoms with E-state index >= 15 is 0 Å². The average Bonchev–Trinajstić information content (AvgIpc) is 3.15. The van der Waals surface area contributed by atoms with Crippen molar-refractivity contribution in [1.29, 1.82) is 0 Å². The maximum Gasteiger partial charge on any atom is 0.226 e. The summed E-state index contributed by atoms with van der Waals surface area (Å²) in [6.07, 6.45) is 6.25. The molecule has 0 N–H and O–H groups in total. The summed E-state index contributed by atoms with van der Waals surface area (Å²) in [6, 6.07) is 7.59. The summed E-state index contributed by atoms with van der Waals surface area (Å²) in [5.74, 6) is 2.10. The Morgan fingerprint density at radius 2 is 1.96 bits per heavy atom. The highest BCUT2D eigenvalue weighted by Crippen LogP contribution is 2.28. The molecule has 0 atom stereocenters. The van der Waals surface area contributed by atoms with Gasteiger partial charge in [0.2, 0.25) is 5.91 Å². The fraction of sp³-hybridized carbons (Fsp3) is 0.474. The predicted molar refractivity (Wildman–Crippen MR) is 94.8 cm³/mol. The minimum absolute atomic E-state index is 0.171. The number of methoxy groups -OCH3 is 2. The lowest BCUT2D eigenvalue weighted by molar-refractivity contribution is -0.131. The van der Waals surface area contributed by atoms with Gasteiger partial charge in [-0.25, -0.2) is 0 Å². The van der Waals surface area contributed by atoms with E-state index in [9.17, 15) is 4.79 Å². The third-order valence-corrected chi connectivity index (χ3v) is 4.77. The van der Waals surface area contributed by atoms with Crippen LogP contribution in [-0.2, 0) is 17.8 Å². The fourth-order valence-corrected chi connectivity index (χ4v) is 3.31. The third-order valence-electron chi connectivity index (χ3n) is 4.77. The van der Waals surface area contributed by atoms with Crippen LogP contribution in [0, 0.1) is 5.92 Å². The SMILES string of the molecule is COc1ccc(CC(=O)N2CCC(Cn3cccn3)CC2)cc1OC. The lowest BCUT2D eigenvalue weighted by Gasteiger charge is -2.32. The van der Waals surface area contributed by atoms with Crippen LogP contribution in [0.4, 0.5) is 0 Å². The van der Waals surface area contributed by atoms with E-state index in [4.69, 9.17) is 9.47 Å². The first-order chi connectivity index (χ1) is 12.2. The smallest absolute Gasteiger partial charge is 0.226 e. The van der Waals surface area contributed by atoms with Gasteiger partial charge in [0.05, 0.1) is 20.6 Å². The van der Waals surface area contributed by atoms with E-state index in [1.807, 2.05) is 46.2 Å². The number of carbonyl (C=O) groups is 1. The van der Waals surface area contributed by atoms with Crippen LogP contribution in [0.2, 0.25) is 0 Å². The molecule has 2 heterocycles. The molecule has 0 spiro atoms. The fourth-order valence-electron chi connectivity index (χ4n) is 3.31. The van der Waals surface area contributed by atoms with Crippen LogP contribution in [0.15, 0.2) is 36.7 Å². The van der Waals surface area contributed by atoms with Crippen LogP contribution in [0.1, 0.15) is 18.4 Å². The maximum atomic E-state index is 12.6. The number of rotatable bonds is 6.